The molecule has 1 atom stereocenters. The van der Waals surface area contributed by atoms with Crippen molar-refractivity contribution >= 4 is 11.9 Å². The molecule has 1 saturated heterocycles. The fraction of sp³-hybridized carbons (Fsp3) is 0.706. The molecule has 0 bridgehead atoms. The van der Waals surface area contributed by atoms with E-state index in [-0.39, 0.29) is 18.1 Å². The fourth-order valence-corrected chi connectivity index (χ4v) is 2.73. The highest BCUT2D eigenvalue weighted by Gasteiger charge is 2.25. The molecule has 8 nitrogen and oxygen atoms in total. The molecular formula is C17H30N6O2. The van der Waals surface area contributed by atoms with E-state index < -0.39 is 0 Å². The van der Waals surface area contributed by atoms with E-state index >= 15 is 0 Å². The van der Waals surface area contributed by atoms with E-state index in [9.17, 15) is 4.79 Å². The molecule has 1 aliphatic heterocycles. The van der Waals surface area contributed by atoms with Crippen LogP contribution in [0.15, 0.2) is 17.4 Å². The van der Waals surface area contributed by atoms with Crippen molar-refractivity contribution in [2.45, 2.75) is 39.3 Å². The standard InChI is InChI=1S/C17H30N6O2/c1-5-18-17(19-7-6-16(24)21-13(2)3)23-8-9-25-15(12-23)14-10-20-22(4)11-14/h10-11,13,15H,5-9,12H2,1-4H3,(H,18,19)(H,21,24). The summed E-state index contributed by atoms with van der Waals surface area (Å²) in [7, 11) is 1.90. The van der Waals surface area contributed by atoms with Crippen LogP contribution in [0.3, 0.4) is 0 Å². The predicted octanol–water partition coefficient (Wildman–Crippen LogP) is 0.674. The lowest BCUT2D eigenvalue weighted by Gasteiger charge is -2.34. The SMILES string of the molecule is CCNC(=NCCC(=O)NC(C)C)N1CCOC(c2cnn(C)c2)C1. The van der Waals surface area contributed by atoms with Crippen molar-refractivity contribution in [2.24, 2.45) is 12.0 Å². The lowest BCUT2D eigenvalue weighted by molar-refractivity contribution is -0.121. The molecule has 2 N–H and O–H groups in total. The van der Waals surface area contributed by atoms with Crippen LogP contribution in [0.1, 0.15) is 38.9 Å². The Morgan fingerprint density at radius 2 is 2.32 bits per heavy atom. The van der Waals surface area contributed by atoms with Crippen molar-refractivity contribution in [3.63, 3.8) is 0 Å². The third kappa shape index (κ3) is 6.04. The number of hydrogen-bond acceptors (Lipinski definition) is 4. The molecule has 1 aromatic heterocycles. The monoisotopic (exact) mass is 350 g/mol. The second-order valence-corrected chi connectivity index (χ2v) is 6.46. The van der Waals surface area contributed by atoms with Crippen molar-refractivity contribution in [3.8, 4) is 0 Å². The summed E-state index contributed by atoms with van der Waals surface area (Å²) in [5.74, 6) is 0.863. The number of nitrogens with zero attached hydrogens (tertiary/aromatic N) is 4. The number of morpholine rings is 1. The van der Waals surface area contributed by atoms with Crippen molar-refractivity contribution in [1.82, 2.24) is 25.3 Å². The number of aryl methyl sites for hydroxylation is 1. The van der Waals surface area contributed by atoms with Gasteiger partial charge in [0.15, 0.2) is 5.96 Å². The summed E-state index contributed by atoms with van der Waals surface area (Å²) in [6.45, 7) is 9.34. The quantitative estimate of drug-likeness (QED) is 0.582. The molecule has 1 aromatic rings. The Morgan fingerprint density at radius 3 is 2.96 bits per heavy atom. The molecule has 25 heavy (non-hydrogen) atoms. The molecule has 8 heteroatoms. The maximum atomic E-state index is 11.8. The largest absolute Gasteiger partial charge is 0.370 e. The van der Waals surface area contributed by atoms with Crippen molar-refractivity contribution in [1.29, 1.82) is 0 Å². The summed E-state index contributed by atoms with van der Waals surface area (Å²) in [6.07, 6.45) is 4.20. The number of ether oxygens (including phenoxy) is 1. The van der Waals surface area contributed by atoms with Crippen LogP contribution in [-0.4, -0.2) is 65.4 Å². The van der Waals surface area contributed by atoms with E-state index in [0.29, 0.717) is 19.6 Å². The molecule has 0 radical (unpaired) electrons. The molecular weight excluding hydrogens is 320 g/mol. The molecule has 0 spiro atoms. The van der Waals surface area contributed by atoms with Gasteiger partial charge in [-0.2, -0.15) is 5.10 Å². The zero-order valence-corrected chi connectivity index (χ0v) is 15.7. The Bertz CT molecular complexity index is 583. The average molecular weight is 350 g/mol. The van der Waals surface area contributed by atoms with E-state index in [2.05, 4.69) is 25.6 Å². The number of hydrogen-bond donors (Lipinski definition) is 2. The third-order valence-electron chi connectivity index (χ3n) is 3.85. The minimum Gasteiger partial charge on any atom is -0.370 e. The number of aromatic nitrogens is 2. The summed E-state index contributed by atoms with van der Waals surface area (Å²) < 4.78 is 7.66. The van der Waals surface area contributed by atoms with Crippen LogP contribution in [0.5, 0.6) is 0 Å². The second-order valence-electron chi connectivity index (χ2n) is 6.46. The number of rotatable bonds is 6. The van der Waals surface area contributed by atoms with Gasteiger partial charge in [-0.05, 0) is 20.8 Å². The van der Waals surface area contributed by atoms with E-state index in [4.69, 9.17) is 4.74 Å². The van der Waals surface area contributed by atoms with Crippen molar-refractivity contribution in [2.75, 3.05) is 32.8 Å². The van der Waals surface area contributed by atoms with Gasteiger partial charge in [0.2, 0.25) is 5.91 Å². The molecule has 2 heterocycles. The van der Waals surface area contributed by atoms with Crippen LogP contribution in [0.25, 0.3) is 0 Å². The van der Waals surface area contributed by atoms with Gasteiger partial charge in [-0.3, -0.25) is 14.5 Å². The Kier molecular flexibility index (Phi) is 7.24. The lowest BCUT2D eigenvalue weighted by Crippen LogP contribution is -2.48. The van der Waals surface area contributed by atoms with Gasteiger partial charge >= 0.3 is 0 Å². The highest BCUT2D eigenvalue weighted by Crippen LogP contribution is 2.21. The molecule has 0 aromatic carbocycles. The number of amides is 1. The number of nitrogens with one attached hydrogen (secondary N) is 2. The van der Waals surface area contributed by atoms with Gasteiger partial charge in [0.25, 0.3) is 0 Å². The van der Waals surface area contributed by atoms with Crippen LogP contribution in [0.2, 0.25) is 0 Å². The van der Waals surface area contributed by atoms with E-state index in [0.717, 1.165) is 31.2 Å². The van der Waals surface area contributed by atoms with Gasteiger partial charge in [-0.25, -0.2) is 0 Å². The van der Waals surface area contributed by atoms with Crippen LogP contribution in [0.4, 0.5) is 0 Å². The first-order chi connectivity index (χ1) is 12.0. The summed E-state index contributed by atoms with van der Waals surface area (Å²) in [6, 6.07) is 0.157. The Labute approximate surface area is 149 Å². The molecule has 2 rings (SSSR count). The van der Waals surface area contributed by atoms with Crippen LogP contribution >= 0.6 is 0 Å². The summed E-state index contributed by atoms with van der Waals surface area (Å²) in [5, 5.41) is 10.4. The topological polar surface area (TPSA) is 83.8 Å². The van der Waals surface area contributed by atoms with Crippen molar-refractivity contribution in [3.05, 3.63) is 18.0 Å². The Hall–Kier alpha value is -2.09. The zero-order chi connectivity index (χ0) is 18.2. The summed E-state index contributed by atoms with van der Waals surface area (Å²) in [5.41, 5.74) is 1.07. The molecule has 140 valence electrons. The third-order valence-corrected chi connectivity index (χ3v) is 3.85. The maximum Gasteiger partial charge on any atom is 0.222 e. The highest BCUT2D eigenvalue weighted by atomic mass is 16.5. The zero-order valence-electron chi connectivity index (χ0n) is 15.7. The second kappa shape index (κ2) is 9.41. The van der Waals surface area contributed by atoms with Gasteiger partial charge in [-0.1, -0.05) is 0 Å². The maximum absolute atomic E-state index is 11.8. The molecule has 1 unspecified atom stereocenters. The molecule has 1 amide bonds. The Balaban J connectivity index is 1.95. The van der Waals surface area contributed by atoms with Gasteiger partial charge in [0, 0.05) is 44.4 Å². The number of carbonyl (C=O) groups is 1. The van der Waals surface area contributed by atoms with Gasteiger partial charge in [-0.15, -0.1) is 0 Å². The summed E-state index contributed by atoms with van der Waals surface area (Å²) >= 11 is 0. The van der Waals surface area contributed by atoms with Gasteiger partial charge in [0.05, 0.1) is 25.9 Å². The molecule has 0 aliphatic carbocycles. The first-order valence-electron chi connectivity index (χ1n) is 8.92. The fourth-order valence-electron chi connectivity index (χ4n) is 2.73. The Morgan fingerprint density at radius 1 is 1.52 bits per heavy atom. The first-order valence-corrected chi connectivity index (χ1v) is 8.92. The average Bonchev–Trinajstić information content (AvgIpc) is 3.00. The predicted molar refractivity (Wildman–Crippen MR) is 97.3 cm³/mol. The van der Waals surface area contributed by atoms with E-state index in [1.54, 1.807) is 4.68 Å². The molecule has 1 fully saturated rings. The van der Waals surface area contributed by atoms with Crippen molar-refractivity contribution < 1.29 is 9.53 Å². The van der Waals surface area contributed by atoms with Crippen LogP contribution in [-0.2, 0) is 16.6 Å². The molecule has 1 aliphatic rings. The van der Waals surface area contributed by atoms with Gasteiger partial charge < -0.3 is 20.3 Å². The number of carbonyl (C=O) groups excluding carboxylic acids is 1. The number of guanidine groups is 1. The van der Waals surface area contributed by atoms with Crippen LogP contribution < -0.4 is 10.6 Å². The minimum atomic E-state index is -0.0180. The molecule has 0 saturated carbocycles. The van der Waals surface area contributed by atoms with E-state index in [1.165, 1.54) is 0 Å². The summed E-state index contributed by atoms with van der Waals surface area (Å²) in [4.78, 5) is 18.6. The smallest absolute Gasteiger partial charge is 0.222 e. The minimum absolute atomic E-state index is 0.0180. The van der Waals surface area contributed by atoms with Crippen LogP contribution in [0, 0.1) is 0 Å². The normalized spacial score (nSPS) is 18.5. The van der Waals surface area contributed by atoms with Gasteiger partial charge in [0.1, 0.15) is 6.10 Å². The number of aliphatic imine (C=N–C) groups is 1. The highest BCUT2D eigenvalue weighted by molar-refractivity contribution is 5.81. The lowest BCUT2D eigenvalue weighted by atomic mass is 10.1. The first kappa shape index (κ1) is 19.2. The van der Waals surface area contributed by atoms with E-state index in [1.807, 2.05) is 40.2 Å².